The highest BCUT2D eigenvalue weighted by atomic mass is 79.9. The first kappa shape index (κ1) is 36.4. The van der Waals surface area contributed by atoms with Gasteiger partial charge in [-0.1, -0.05) is 36.4 Å². The highest BCUT2D eigenvalue weighted by Crippen LogP contribution is 2.33. The zero-order valence-corrected chi connectivity index (χ0v) is 29.4. The number of imidazole rings is 1. The van der Waals surface area contributed by atoms with Gasteiger partial charge in [-0.05, 0) is 68.3 Å². The molecular formula is C37H37BrF3N7O2. The fourth-order valence-electron chi connectivity index (χ4n) is 6.93. The summed E-state index contributed by atoms with van der Waals surface area (Å²) < 4.78 is 45.6. The monoisotopic (exact) mass is 747 g/mol. The van der Waals surface area contributed by atoms with Crippen LogP contribution in [0.1, 0.15) is 48.1 Å². The van der Waals surface area contributed by atoms with Crippen molar-refractivity contribution < 1.29 is 39.4 Å². The first-order chi connectivity index (χ1) is 23.4. The number of nitriles is 1. The van der Waals surface area contributed by atoms with Gasteiger partial charge in [-0.15, -0.1) is 0 Å². The van der Waals surface area contributed by atoms with Crippen molar-refractivity contribution in [2.45, 2.75) is 57.4 Å². The Morgan fingerprint density at radius 3 is 2.28 bits per heavy atom. The van der Waals surface area contributed by atoms with E-state index < -0.39 is 23.5 Å². The van der Waals surface area contributed by atoms with E-state index in [-0.39, 0.29) is 40.1 Å². The molecule has 3 aromatic carbocycles. The van der Waals surface area contributed by atoms with Crippen molar-refractivity contribution in [3.05, 3.63) is 124 Å². The van der Waals surface area contributed by atoms with Gasteiger partial charge in [0, 0.05) is 24.4 Å². The van der Waals surface area contributed by atoms with Gasteiger partial charge in [-0.2, -0.15) is 23.5 Å². The van der Waals surface area contributed by atoms with Gasteiger partial charge in [-0.25, -0.2) is 18.8 Å². The summed E-state index contributed by atoms with van der Waals surface area (Å²) in [7, 11) is 4.44. The number of carbonyl (C=O) groups excluding carboxylic acids is 1. The molecule has 9 nitrogen and oxygen atoms in total. The number of rotatable bonds is 7. The molecule has 1 aliphatic carbocycles. The van der Waals surface area contributed by atoms with Crippen LogP contribution in [0.4, 0.5) is 18.0 Å². The molecule has 260 valence electrons. The van der Waals surface area contributed by atoms with Gasteiger partial charge in [0.15, 0.2) is 0 Å². The number of quaternary nitrogens is 1. The zero-order valence-electron chi connectivity index (χ0n) is 27.9. The lowest BCUT2D eigenvalue weighted by Crippen LogP contribution is -3.00. The summed E-state index contributed by atoms with van der Waals surface area (Å²) >= 11 is 0. The van der Waals surface area contributed by atoms with Gasteiger partial charge in [-0.3, -0.25) is 4.57 Å². The number of nitrogens with one attached hydrogen (secondary N) is 1. The maximum atomic E-state index is 14.2. The van der Waals surface area contributed by atoms with Gasteiger partial charge < -0.3 is 26.8 Å². The Bertz CT molecular complexity index is 2070. The van der Waals surface area contributed by atoms with Crippen LogP contribution >= 0.6 is 0 Å². The topological polar surface area (TPSA) is 97.6 Å². The molecule has 0 saturated heterocycles. The molecule has 0 aliphatic heterocycles. The summed E-state index contributed by atoms with van der Waals surface area (Å²) in [6, 6.07) is 24.7. The van der Waals surface area contributed by atoms with E-state index in [1.165, 1.54) is 28.6 Å². The molecular weight excluding hydrogens is 711 g/mol. The number of amides is 1. The normalized spacial score (nSPS) is 16.3. The van der Waals surface area contributed by atoms with Crippen LogP contribution in [0.15, 0.2) is 95.9 Å². The molecule has 13 heteroatoms. The maximum Gasteiger partial charge on any atom is 0.416 e. The number of alkyl halides is 3. The molecule has 0 bridgehead atoms. The van der Waals surface area contributed by atoms with Crippen molar-refractivity contribution in [3.8, 4) is 28.8 Å². The molecule has 0 spiro atoms. The van der Waals surface area contributed by atoms with E-state index in [2.05, 4.69) is 42.7 Å². The second-order valence-corrected chi connectivity index (χ2v) is 13.1. The standard InChI is InChI=1S/C37H36F3N7O2.BrH/c1-25-34(33-20-21-42-46(33)30-16-12-26(23-41)13-17-30)45(36(49)44(25)31-11-7-10-28(22-31)37(38,39)40)35(48)43-29-14-18-32(19-15-29)47(2,3)24-27-8-5-4-6-9-27;/h4-13,16-17,20-22,29,32H,14-15,18-19,24H2,1-3H3;1H/t29-,32+;. The van der Waals surface area contributed by atoms with Gasteiger partial charge in [0.05, 0.1) is 66.3 Å². The average Bonchev–Trinajstić information content (AvgIpc) is 3.66. The van der Waals surface area contributed by atoms with E-state index in [9.17, 15) is 28.0 Å². The second-order valence-electron chi connectivity index (χ2n) is 13.1. The molecule has 1 saturated carbocycles. The van der Waals surface area contributed by atoms with Crippen molar-refractivity contribution >= 4 is 6.03 Å². The maximum absolute atomic E-state index is 14.2. The van der Waals surface area contributed by atoms with E-state index in [1.807, 2.05) is 18.2 Å². The van der Waals surface area contributed by atoms with Crippen LogP contribution in [-0.4, -0.2) is 55.6 Å². The fourth-order valence-corrected chi connectivity index (χ4v) is 6.93. The Balaban J connectivity index is 0.00000486. The minimum absolute atomic E-state index is 0. The number of nitrogens with zero attached hydrogens (tertiary/aromatic N) is 6. The number of aromatic nitrogens is 4. The Morgan fingerprint density at radius 2 is 1.64 bits per heavy atom. The quantitative estimate of drug-likeness (QED) is 0.256. The third kappa shape index (κ3) is 7.32. The van der Waals surface area contributed by atoms with Crippen molar-refractivity contribution in [3.63, 3.8) is 0 Å². The molecule has 6 rings (SSSR count). The minimum Gasteiger partial charge on any atom is -1.00 e. The van der Waals surface area contributed by atoms with E-state index in [0.717, 1.165) is 45.1 Å². The van der Waals surface area contributed by atoms with Gasteiger partial charge >= 0.3 is 17.9 Å². The molecule has 2 heterocycles. The van der Waals surface area contributed by atoms with Crippen LogP contribution in [0.25, 0.3) is 22.8 Å². The molecule has 0 unspecified atom stereocenters. The predicted octanol–water partition coefficient (Wildman–Crippen LogP) is 3.84. The summed E-state index contributed by atoms with van der Waals surface area (Å²) in [4.78, 5) is 28.3. The summed E-state index contributed by atoms with van der Waals surface area (Å²) in [5.41, 5.74) is 1.37. The molecule has 50 heavy (non-hydrogen) atoms. The smallest absolute Gasteiger partial charge is 0.416 e. The molecule has 2 aromatic heterocycles. The fraction of sp³-hybridized carbons (Fsp3) is 0.297. The molecule has 1 amide bonds. The molecule has 1 aliphatic rings. The number of hydrogen-bond acceptors (Lipinski definition) is 4. The number of benzene rings is 3. The van der Waals surface area contributed by atoms with E-state index in [0.29, 0.717) is 35.8 Å². The second kappa shape index (κ2) is 14.5. The number of halogens is 4. The number of carbonyl (C=O) groups is 1. The van der Waals surface area contributed by atoms with Gasteiger partial charge in [0.1, 0.15) is 12.2 Å². The Morgan fingerprint density at radius 1 is 0.960 bits per heavy atom. The van der Waals surface area contributed by atoms with Crippen LogP contribution < -0.4 is 28.0 Å². The third-order valence-electron chi connectivity index (χ3n) is 9.49. The van der Waals surface area contributed by atoms with Gasteiger partial charge in [0.25, 0.3) is 0 Å². The lowest BCUT2D eigenvalue weighted by Gasteiger charge is -2.42. The van der Waals surface area contributed by atoms with E-state index in [4.69, 9.17) is 0 Å². The van der Waals surface area contributed by atoms with Gasteiger partial charge in [0.2, 0.25) is 0 Å². The Labute approximate surface area is 298 Å². The minimum atomic E-state index is -4.63. The summed E-state index contributed by atoms with van der Waals surface area (Å²) in [6.45, 7) is 2.48. The van der Waals surface area contributed by atoms with Crippen LogP contribution in [0.2, 0.25) is 0 Å². The third-order valence-corrected chi connectivity index (χ3v) is 9.49. The molecule has 1 N–H and O–H groups in total. The van der Waals surface area contributed by atoms with Crippen molar-refractivity contribution in [2.24, 2.45) is 0 Å². The lowest BCUT2D eigenvalue weighted by atomic mass is 9.89. The zero-order chi connectivity index (χ0) is 34.9. The highest BCUT2D eigenvalue weighted by molar-refractivity contribution is 5.83. The number of hydrogen-bond donors (Lipinski definition) is 1. The summed E-state index contributed by atoms with van der Waals surface area (Å²) in [5.74, 6) is 0. The van der Waals surface area contributed by atoms with Crippen LogP contribution in [0, 0.1) is 18.3 Å². The van der Waals surface area contributed by atoms with Crippen molar-refractivity contribution in [1.82, 2.24) is 24.2 Å². The molecule has 0 atom stereocenters. The Kier molecular flexibility index (Phi) is 10.5. The van der Waals surface area contributed by atoms with E-state index in [1.54, 1.807) is 37.3 Å². The predicted molar refractivity (Wildman–Crippen MR) is 179 cm³/mol. The highest BCUT2D eigenvalue weighted by Gasteiger charge is 2.35. The summed E-state index contributed by atoms with van der Waals surface area (Å²) in [5, 5.41) is 16.7. The largest absolute Gasteiger partial charge is 1.00 e. The first-order valence-corrected chi connectivity index (χ1v) is 16.1. The summed E-state index contributed by atoms with van der Waals surface area (Å²) in [6.07, 6.45) is 0.0706. The van der Waals surface area contributed by atoms with Crippen molar-refractivity contribution in [2.75, 3.05) is 14.1 Å². The van der Waals surface area contributed by atoms with Crippen molar-refractivity contribution in [1.29, 1.82) is 5.26 Å². The average molecular weight is 749 g/mol. The molecule has 0 radical (unpaired) electrons. The van der Waals surface area contributed by atoms with Crippen LogP contribution in [0.3, 0.4) is 0 Å². The molecule has 5 aromatic rings. The SMILES string of the molecule is Cc1c(-c2ccnn2-c2ccc(C#N)cc2)n(C(=O)N[C@H]2CC[C@@H]([N+](C)(C)Cc3ccccc3)CC2)c(=O)n1-c1cccc(C(F)(F)F)c1.[Br-]. The lowest BCUT2D eigenvalue weighted by molar-refractivity contribution is -0.929. The molecule has 1 fully saturated rings. The van der Waals surface area contributed by atoms with Crippen LogP contribution in [-0.2, 0) is 12.7 Å². The Hall–Kier alpha value is -4.93. The van der Waals surface area contributed by atoms with E-state index >= 15 is 0 Å². The van der Waals surface area contributed by atoms with Crippen LogP contribution in [0.5, 0.6) is 0 Å². The first-order valence-electron chi connectivity index (χ1n) is 16.1.